The van der Waals surface area contributed by atoms with Gasteiger partial charge >= 0.3 is 0 Å². The van der Waals surface area contributed by atoms with Crippen molar-refractivity contribution in [2.75, 3.05) is 0 Å². The molecular formula is C24H13NO2. The average molecular weight is 347 g/mol. The van der Waals surface area contributed by atoms with E-state index in [0.29, 0.717) is 22.3 Å². The number of ketones is 2. The van der Waals surface area contributed by atoms with E-state index >= 15 is 0 Å². The Morgan fingerprint density at radius 1 is 0.593 bits per heavy atom. The summed E-state index contributed by atoms with van der Waals surface area (Å²) in [6.07, 6.45) is 0. The molecule has 27 heavy (non-hydrogen) atoms. The first-order valence-electron chi connectivity index (χ1n) is 8.88. The van der Waals surface area contributed by atoms with Crippen molar-refractivity contribution >= 4 is 44.1 Å². The SMILES string of the molecule is O=C1c2ccccc2C(=O)c2c1ccc1[nH]c3c4ccccc4ccc3c21. The van der Waals surface area contributed by atoms with E-state index in [0.717, 1.165) is 32.6 Å². The molecule has 0 bridgehead atoms. The summed E-state index contributed by atoms with van der Waals surface area (Å²) < 4.78 is 0. The normalized spacial score (nSPS) is 13.3. The molecule has 1 heterocycles. The van der Waals surface area contributed by atoms with Crippen LogP contribution in [0.1, 0.15) is 31.8 Å². The van der Waals surface area contributed by atoms with Crippen LogP contribution in [0.5, 0.6) is 0 Å². The predicted octanol–water partition coefficient (Wildman–Crippen LogP) is 5.25. The van der Waals surface area contributed by atoms with Crippen molar-refractivity contribution in [3.05, 3.63) is 95.1 Å². The largest absolute Gasteiger partial charge is 0.354 e. The van der Waals surface area contributed by atoms with Crippen LogP contribution in [0.3, 0.4) is 0 Å². The number of aromatic amines is 1. The monoisotopic (exact) mass is 347 g/mol. The Kier molecular flexibility index (Phi) is 2.63. The van der Waals surface area contributed by atoms with Crippen LogP contribution in [-0.4, -0.2) is 16.6 Å². The third-order valence-electron chi connectivity index (χ3n) is 5.55. The fourth-order valence-corrected chi connectivity index (χ4v) is 4.32. The fraction of sp³-hybridized carbons (Fsp3) is 0. The number of carbonyl (C=O) groups excluding carboxylic acids is 2. The number of hydrogen-bond donors (Lipinski definition) is 1. The second kappa shape index (κ2) is 4.92. The maximum Gasteiger partial charge on any atom is 0.195 e. The zero-order valence-corrected chi connectivity index (χ0v) is 14.2. The summed E-state index contributed by atoms with van der Waals surface area (Å²) >= 11 is 0. The molecule has 0 saturated heterocycles. The molecule has 1 aliphatic carbocycles. The van der Waals surface area contributed by atoms with E-state index in [1.165, 1.54) is 0 Å². The van der Waals surface area contributed by atoms with Crippen molar-refractivity contribution in [2.24, 2.45) is 0 Å². The van der Waals surface area contributed by atoms with Gasteiger partial charge in [0.05, 0.1) is 5.52 Å². The van der Waals surface area contributed by atoms with E-state index in [-0.39, 0.29) is 11.6 Å². The molecule has 0 atom stereocenters. The van der Waals surface area contributed by atoms with Gasteiger partial charge in [-0.15, -0.1) is 0 Å². The average Bonchev–Trinajstić information content (AvgIpc) is 3.11. The topological polar surface area (TPSA) is 49.9 Å². The summed E-state index contributed by atoms with van der Waals surface area (Å²) in [5.41, 5.74) is 3.84. The van der Waals surface area contributed by atoms with Gasteiger partial charge in [0.2, 0.25) is 0 Å². The van der Waals surface area contributed by atoms with Gasteiger partial charge in [-0.2, -0.15) is 0 Å². The van der Waals surface area contributed by atoms with Gasteiger partial charge in [0.15, 0.2) is 11.6 Å². The van der Waals surface area contributed by atoms with E-state index in [1.54, 1.807) is 30.3 Å². The van der Waals surface area contributed by atoms with E-state index < -0.39 is 0 Å². The van der Waals surface area contributed by atoms with E-state index in [1.807, 2.05) is 24.3 Å². The first-order valence-corrected chi connectivity index (χ1v) is 8.88. The van der Waals surface area contributed by atoms with Crippen LogP contribution in [0.25, 0.3) is 32.6 Å². The van der Waals surface area contributed by atoms with Crippen molar-refractivity contribution < 1.29 is 9.59 Å². The Bertz CT molecular complexity index is 1460. The molecule has 0 spiro atoms. The number of aromatic nitrogens is 1. The molecule has 0 aliphatic heterocycles. The number of carbonyl (C=O) groups is 2. The van der Waals surface area contributed by atoms with E-state index in [9.17, 15) is 9.59 Å². The molecule has 5 aromatic rings. The van der Waals surface area contributed by atoms with Crippen LogP contribution in [-0.2, 0) is 0 Å². The molecule has 6 rings (SSSR count). The first kappa shape index (κ1) is 14.4. The molecule has 0 unspecified atom stereocenters. The van der Waals surface area contributed by atoms with E-state index in [4.69, 9.17) is 0 Å². The Hall–Kier alpha value is -3.72. The number of hydrogen-bond acceptors (Lipinski definition) is 2. The summed E-state index contributed by atoms with van der Waals surface area (Å²) in [6, 6.07) is 23.0. The molecule has 1 aromatic heterocycles. The van der Waals surface area contributed by atoms with Gasteiger partial charge in [0.25, 0.3) is 0 Å². The molecule has 126 valence electrons. The molecule has 0 fully saturated rings. The second-order valence-electron chi connectivity index (χ2n) is 6.95. The summed E-state index contributed by atoms with van der Waals surface area (Å²) in [7, 11) is 0. The lowest BCUT2D eigenvalue weighted by atomic mass is 9.82. The molecule has 1 N–H and O–H groups in total. The number of fused-ring (bicyclic) bond motifs is 8. The van der Waals surface area contributed by atoms with Crippen LogP contribution in [0.15, 0.2) is 72.8 Å². The van der Waals surface area contributed by atoms with Gasteiger partial charge in [0, 0.05) is 43.9 Å². The lowest BCUT2D eigenvalue weighted by molar-refractivity contribution is 0.0980. The quantitative estimate of drug-likeness (QED) is 0.408. The lowest BCUT2D eigenvalue weighted by Crippen LogP contribution is -2.20. The Balaban J connectivity index is 1.80. The van der Waals surface area contributed by atoms with Gasteiger partial charge < -0.3 is 4.98 Å². The molecule has 0 saturated carbocycles. The lowest BCUT2D eigenvalue weighted by Gasteiger charge is -2.18. The van der Waals surface area contributed by atoms with Crippen molar-refractivity contribution in [1.82, 2.24) is 4.98 Å². The Labute approximate surface area is 154 Å². The van der Waals surface area contributed by atoms with Gasteiger partial charge in [-0.1, -0.05) is 60.7 Å². The molecule has 1 aliphatic rings. The molecule has 3 heteroatoms. The zero-order chi connectivity index (χ0) is 18.1. The second-order valence-corrected chi connectivity index (χ2v) is 6.95. The number of nitrogens with one attached hydrogen (secondary N) is 1. The molecule has 3 nitrogen and oxygen atoms in total. The summed E-state index contributed by atoms with van der Waals surface area (Å²) in [5.74, 6) is -0.169. The third-order valence-corrected chi connectivity index (χ3v) is 5.55. The van der Waals surface area contributed by atoms with Crippen molar-refractivity contribution in [3.8, 4) is 0 Å². The van der Waals surface area contributed by atoms with Crippen LogP contribution in [0.2, 0.25) is 0 Å². The van der Waals surface area contributed by atoms with Crippen molar-refractivity contribution in [3.63, 3.8) is 0 Å². The van der Waals surface area contributed by atoms with Gasteiger partial charge in [-0.25, -0.2) is 0 Å². The number of benzene rings is 4. The highest BCUT2D eigenvalue weighted by Gasteiger charge is 2.31. The summed E-state index contributed by atoms with van der Waals surface area (Å²) in [4.78, 5) is 29.8. The summed E-state index contributed by atoms with van der Waals surface area (Å²) in [5, 5.41) is 4.05. The van der Waals surface area contributed by atoms with Gasteiger partial charge in [0.1, 0.15) is 0 Å². The van der Waals surface area contributed by atoms with Crippen LogP contribution in [0, 0.1) is 0 Å². The van der Waals surface area contributed by atoms with Gasteiger partial charge in [-0.05, 0) is 17.5 Å². The highest BCUT2D eigenvalue weighted by Crippen LogP contribution is 2.38. The molecule has 0 radical (unpaired) electrons. The fourth-order valence-electron chi connectivity index (χ4n) is 4.32. The minimum atomic E-state index is -0.0859. The van der Waals surface area contributed by atoms with Crippen LogP contribution < -0.4 is 0 Å². The van der Waals surface area contributed by atoms with Crippen LogP contribution in [0.4, 0.5) is 0 Å². The highest BCUT2D eigenvalue weighted by atomic mass is 16.1. The van der Waals surface area contributed by atoms with Crippen molar-refractivity contribution in [2.45, 2.75) is 0 Å². The Morgan fingerprint density at radius 3 is 2.19 bits per heavy atom. The maximum atomic E-state index is 13.3. The first-order chi connectivity index (χ1) is 13.2. The van der Waals surface area contributed by atoms with Gasteiger partial charge in [-0.3, -0.25) is 9.59 Å². The predicted molar refractivity (Wildman–Crippen MR) is 107 cm³/mol. The number of H-pyrrole nitrogens is 1. The van der Waals surface area contributed by atoms with Crippen molar-refractivity contribution in [1.29, 1.82) is 0 Å². The number of rotatable bonds is 0. The standard InChI is InChI=1S/C24H13NO2/c26-23-15-7-3-4-8-16(15)24(27)21-18(23)11-12-19-20(21)17-10-9-13-5-1-2-6-14(13)22(17)25-19/h1-12,25H. The van der Waals surface area contributed by atoms with E-state index in [2.05, 4.69) is 23.2 Å². The minimum Gasteiger partial charge on any atom is -0.354 e. The summed E-state index contributed by atoms with van der Waals surface area (Å²) in [6.45, 7) is 0. The third kappa shape index (κ3) is 1.75. The Morgan fingerprint density at radius 2 is 1.33 bits per heavy atom. The zero-order valence-electron chi connectivity index (χ0n) is 14.2. The molecular weight excluding hydrogens is 334 g/mol. The minimum absolute atomic E-state index is 0.0835. The smallest absolute Gasteiger partial charge is 0.195 e. The van der Waals surface area contributed by atoms with Crippen LogP contribution >= 0.6 is 0 Å². The molecule has 0 amide bonds. The maximum absolute atomic E-state index is 13.3. The molecule has 4 aromatic carbocycles. The highest BCUT2D eigenvalue weighted by molar-refractivity contribution is 6.35.